The Morgan fingerprint density at radius 2 is 1.76 bits per heavy atom. The van der Waals surface area contributed by atoms with Gasteiger partial charge in [0.15, 0.2) is 0 Å². The first-order valence-electron chi connectivity index (χ1n) is 10.5. The molecule has 0 N–H and O–H groups in total. The molecular formula is C24H33N3O2. The average Bonchev–Trinajstić information content (AvgIpc) is 3.25. The Labute approximate surface area is 174 Å². The van der Waals surface area contributed by atoms with E-state index in [0.29, 0.717) is 19.6 Å². The molecule has 1 fully saturated rings. The highest BCUT2D eigenvalue weighted by Crippen LogP contribution is 2.19. The van der Waals surface area contributed by atoms with Gasteiger partial charge in [0.25, 0.3) is 0 Å². The van der Waals surface area contributed by atoms with E-state index < -0.39 is 0 Å². The number of nitrogens with zero attached hydrogens (tertiary/aromatic N) is 3. The maximum absolute atomic E-state index is 13.3. The molecule has 0 spiro atoms. The lowest BCUT2D eigenvalue weighted by Crippen LogP contribution is -2.43. The summed E-state index contributed by atoms with van der Waals surface area (Å²) in [5, 5.41) is 0. The van der Waals surface area contributed by atoms with E-state index in [2.05, 4.69) is 53.1 Å². The number of carbonyl (C=O) groups excluding carboxylic acids is 1. The molecule has 1 aliphatic rings. The Balaban J connectivity index is 1.72. The number of rotatable bonds is 9. The molecule has 3 rings (SSSR count). The van der Waals surface area contributed by atoms with Crippen molar-refractivity contribution in [1.82, 2.24) is 4.90 Å². The summed E-state index contributed by atoms with van der Waals surface area (Å²) in [6, 6.07) is 18.6. The van der Waals surface area contributed by atoms with Gasteiger partial charge in [0.2, 0.25) is 5.91 Å². The monoisotopic (exact) mass is 395 g/mol. The van der Waals surface area contributed by atoms with Crippen LogP contribution in [-0.4, -0.2) is 57.2 Å². The molecule has 1 amide bonds. The fourth-order valence-electron chi connectivity index (χ4n) is 3.70. The Morgan fingerprint density at radius 1 is 1.03 bits per heavy atom. The van der Waals surface area contributed by atoms with Gasteiger partial charge < -0.3 is 19.4 Å². The van der Waals surface area contributed by atoms with Crippen LogP contribution in [0.1, 0.15) is 25.3 Å². The molecule has 1 saturated heterocycles. The van der Waals surface area contributed by atoms with Crippen molar-refractivity contribution in [1.29, 1.82) is 0 Å². The molecule has 0 saturated carbocycles. The van der Waals surface area contributed by atoms with E-state index in [4.69, 9.17) is 4.74 Å². The van der Waals surface area contributed by atoms with Crippen LogP contribution in [0, 0.1) is 0 Å². The first kappa shape index (κ1) is 21.2. The molecule has 0 bridgehead atoms. The van der Waals surface area contributed by atoms with Crippen LogP contribution in [0.3, 0.4) is 0 Å². The third kappa shape index (κ3) is 5.97. The third-order valence-electron chi connectivity index (χ3n) is 5.46. The minimum atomic E-state index is 0.142. The quantitative estimate of drug-likeness (QED) is 0.647. The second-order valence-corrected chi connectivity index (χ2v) is 7.82. The molecule has 1 heterocycles. The predicted octanol–water partition coefficient (Wildman–Crippen LogP) is 3.79. The molecule has 0 radical (unpaired) electrons. The van der Waals surface area contributed by atoms with Gasteiger partial charge in [-0.25, -0.2) is 0 Å². The van der Waals surface area contributed by atoms with E-state index in [1.165, 1.54) is 0 Å². The summed E-state index contributed by atoms with van der Waals surface area (Å²) in [5.74, 6) is 0.142. The van der Waals surface area contributed by atoms with E-state index in [0.717, 1.165) is 42.9 Å². The predicted molar refractivity (Wildman–Crippen MR) is 119 cm³/mol. The van der Waals surface area contributed by atoms with Crippen LogP contribution in [-0.2, 0) is 16.1 Å². The van der Waals surface area contributed by atoms with Crippen molar-refractivity contribution in [2.24, 2.45) is 0 Å². The van der Waals surface area contributed by atoms with Crippen molar-refractivity contribution in [2.45, 2.75) is 32.4 Å². The van der Waals surface area contributed by atoms with Crippen LogP contribution in [0.4, 0.5) is 11.4 Å². The zero-order valence-corrected chi connectivity index (χ0v) is 17.9. The zero-order chi connectivity index (χ0) is 20.6. The third-order valence-corrected chi connectivity index (χ3v) is 5.46. The second-order valence-electron chi connectivity index (χ2n) is 7.82. The fourth-order valence-corrected chi connectivity index (χ4v) is 3.70. The Bertz CT molecular complexity index is 755. The number of benzene rings is 2. The lowest BCUT2D eigenvalue weighted by Gasteiger charge is -2.30. The number of amides is 1. The van der Waals surface area contributed by atoms with E-state index in [-0.39, 0.29) is 12.0 Å². The number of hydrogen-bond acceptors (Lipinski definition) is 4. The van der Waals surface area contributed by atoms with Gasteiger partial charge in [-0.15, -0.1) is 0 Å². The SMILES string of the molecule is CCN(CC(=O)N(Cc1ccc(N(C)C)cc1)CC1CCCO1)c1ccccc1. The van der Waals surface area contributed by atoms with Crippen LogP contribution in [0.2, 0.25) is 0 Å². The minimum Gasteiger partial charge on any atom is -0.378 e. The van der Waals surface area contributed by atoms with Crippen LogP contribution in [0.15, 0.2) is 54.6 Å². The molecule has 0 aliphatic carbocycles. The Morgan fingerprint density at radius 3 is 2.34 bits per heavy atom. The maximum atomic E-state index is 13.3. The summed E-state index contributed by atoms with van der Waals surface area (Å²) in [6.45, 7) is 5.32. The molecule has 1 aliphatic heterocycles. The van der Waals surface area contributed by atoms with Gasteiger partial charge in [0.05, 0.1) is 12.6 Å². The van der Waals surface area contributed by atoms with E-state index in [1.54, 1.807) is 0 Å². The number of likely N-dealkylation sites (N-methyl/N-ethyl adjacent to an activating group) is 1. The fraction of sp³-hybridized carbons (Fsp3) is 0.458. The number of hydrogen-bond donors (Lipinski definition) is 0. The smallest absolute Gasteiger partial charge is 0.242 e. The summed E-state index contributed by atoms with van der Waals surface area (Å²) in [7, 11) is 4.07. The van der Waals surface area contributed by atoms with Crippen molar-refractivity contribution in [3.05, 3.63) is 60.2 Å². The summed E-state index contributed by atoms with van der Waals surface area (Å²) in [5.41, 5.74) is 3.38. The molecule has 0 aromatic heterocycles. The molecule has 2 aromatic carbocycles. The molecule has 156 valence electrons. The summed E-state index contributed by atoms with van der Waals surface area (Å²) in [4.78, 5) is 19.4. The van der Waals surface area contributed by atoms with Crippen molar-refractivity contribution in [2.75, 3.05) is 50.1 Å². The summed E-state index contributed by atoms with van der Waals surface area (Å²) >= 11 is 0. The lowest BCUT2D eigenvalue weighted by atomic mass is 10.1. The van der Waals surface area contributed by atoms with E-state index in [1.807, 2.05) is 37.2 Å². The summed E-state index contributed by atoms with van der Waals surface area (Å²) in [6.07, 6.45) is 2.25. The van der Waals surface area contributed by atoms with Gasteiger partial charge in [-0.05, 0) is 49.6 Å². The normalized spacial score (nSPS) is 15.9. The average molecular weight is 396 g/mol. The zero-order valence-electron chi connectivity index (χ0n) is 17.9. The number of ether oxygens (including phenoxy) is 1. The highest BCUT2D eigenvalue weighted by molar-refractivity contribution is 5.81. The van der Waals surface area contributed by atoms with Gasteiger partial charge in [0, 0.05) is 51.7 Å². The first-order valence-corrected chi connectivity index (χ1v) is 10.5. The van der Waals surface area contributed by atoms with Crippen molar-refractivity contribution < 1.29 is 9.53 Å². The van der Waals surface area contributed by atoms with Crippen molar-refractivity contribution >= 4 is 17.3 Å². The molecule has 5 nitrogen and oxygen atoms in total. The molecule has 1 atom stereocenters. The van der Waals surface area contributed by atoms with Crippen LogP contribution >= 0.6 is 0 Å². The number of anilines is 2. The van der Waals surface area contributed by atoms with E-state index in [9.17, 15) is 4.79 Å². The molecule has 5 heteroatoms. The number of para-hydroxylation sites is 1. The highest BCUT2D eigenvalue weighted by atomic mass is 16.5. The number of carbonyl (C=O) groups is 1. The van der Waals surface area contributed by atoms with Gasteiger partial charge in [-0.3, -0.25) is 4.79 Å². The standard InChI is InChI=1S/C24H33N3O2/c1-4-26(22-9-6-5-7-10-22)19-24(28)27(18-23-11-8-16-29-23)17-20-12-14-21(15-13-20)25(2)3/h5-7,9-10,12-15,23H,4,8,11,16-19H2,1-3H3. The summed E-state index contributed by atoms with van der Waals surface area (Å²) < 4.78 is 5.82. The first-order chi connectivity index (χ1) is 14.1. The minimum absolute atomic E-state index is 0.142. The van der Waals surface area contributed by atoms with Crippen LogP contribution < -0.4 is 9.80 Å². The topological polar surface area (TPSA) is 36.0 Å². The largest absolute Gasteiger partial charge is 0.378 e. The Kier molecular flexibility index (Phi) is 7.53. The lowest BCUT2D eigenvalue weighted by molar-refractivity contribution is -0.132. The molecule has 29 heavy (non-hydrogen) atoms. The maximum Gasteiger partial charge on any atom is 0.242 e. The van der Waals surface area contributed by atoms with E-state index >= 15 is 0 Å². The second kappa shape index (κ2) is 10.3. The molecule has 1 unspecified atom stereocenters. The van der Waals surface area contributed by atoms with Crippen molar-refractivity contribution in [3.8, 4) is 0 Å². The van der Waals surface area contributed by atoms with Crippen molar-refractivity contribution in [3.63, 3.8) is 0 Å². The molecule has 2 aromatic rings. The highest BCUT2D eigenvalue weighted by Gasteiger charge is 2.24. The van der Waals surface area contributed by atoms with Crippen LogP contribution in [0.5, 0.6) is 0 Å². The van der Waals surface area contributed by atoms with Gasteiger partial charge in [-0.1, -0.05) is 30.3 Å². The molecular weight excluding hydrogens is 362 g/mol. The van der Waals surface area contributed by atoms with Gasteiger partial charge in [0.1, 0.15) is 0 Å². The van der Waals surface area contributed by atoms with Gasteiger partial charge >= 0.3 is 0 Å². The van der Waals surface area contributed by atoms with Crippen LogP contribution in [0.25, 0.3) is 0 Å². The van der Waals surface area contributed by atoms with Gasteiger partial charge in [-0.2, -0.15) is 0 Å². The Hall–Kier alpha value is -2.53.